The van der Waals surface area contributed by atoms with Crippen LogP contribution in [0.2, 0.25) is 0 Å². The van der Waals surface area contributed by atoms with Gasteiger partial charge in [0.25, 0.3) is 0 Å². The molecule has 0 spiro atoms. The van der Waals surface area contributed by atoms with Crippen molar-refractivity contribution < 1.29 is 13.2 Å². The number of nitrogens with one attached hydrogen (secondary N) is 3. The topological polar surface area (TPSA) is 87.3 Å². The fourth-order valence-electron chi connectivity index (χ4n) is 2.50. The SMILES string of the molecule is Cl.O=C(NS(=O)(=O)C1CCNCC1)C1CCNCC1. The molecule has 1 amide bonds. The van der Waals surface area contributed by atoms with Crippen molar-refractivity contribution in [2.75, 3.05) is 26.2 Å². The molecule has 0 aromatic carbocycles. The summed E-state index contributed by atoms with van der Waals surface area (Å²) >= 11 is 0. The number of halogens is 1. The third-order valence-electron chi connectivity index (χ3n) is 3.68. The molecule has 0 radical (unpaired) electrons. The minimum absolute atomic E-state index is 0. The Labute approximate surface area is 120 Å². The first kappa shape index (κ1) is 16.7. The van der Waals surface area contributed by atoms with E-state index in [1.165, 1.54) is 0 Å². The summed E-state index contributed by atoms with van der Waals surface area (Å²) in [4.78, 5) is 11.9. The zero-order valence-corrected chi connectivity index (χ0v) is 12.5. The predicted octanol–water partition coefficient (Wildman–Crippen LogP) is -0.394. The van der Waals surface area contributed by atoms with Gasteiger partial charge in [0, 0.05) is 5.92 Å². The Kier molecular flexibility index (Phi) is 6.52. The highest BCUT2D eigenvalue weighted by molar-refractivity contribution is 7.90. The first-order valence-electron chi connectivity index (χ1n) is 6.56. The lowest BCUT2D eigenvalue weighted by molar-refractivity contribution is -0.123. The van der Waals surface area contributed by atoms with Crippen LogP contribution in [0.5, 0.6) is 0 Å². The number of sulfonamides is 1. The molecule has 0 bridgehead atoms. The summed E-state index contributed by atoms with van der Waals surface area (Å²) in [6.45, 7) is 2.97. The van der Waals surface area contributed by atoms with E-state index >= 15 is 0 Å². The second-order valence-corrected chi connectivity index (χ2v) is 6.95. The van der Waals surface area contributed by atoms with Crippen molar-refractivity contribution in [1.29, 1.82) is 0 Å². The molecular formula is C11H22ClN3O3S. The Morgan fingerprint density at radius 1 is 0.947 bits per heavy atom. The lowest BCUT2D eigenvalue weighted by atomic mass is 9.98. The van der Waals surface area contributed by atoms with E-state index in [0.29, 0.717) is 38.8 Å². The lowest BCUT2D eigenvalue weighted by Crippen LogP contribution is -2.46. The van der Waals surface area contributed by atoms with Crippen molar-refractivity contribution in [2.24, 2.45) is 5.92 Å². The summed E-state index contributed by atoms with van der Waals surface area (Å²) in [6.07, 6.45) is 2.59. The van der Waals surface area contributed by atoms with Gasteiger partial charge in [-0.15, -0.1) is 12.4 Å². The zero-order chi connectivity index (χ0) is 13.0. The van der Waals surface area contributed by atoms with E-state index in [1.807, 2.05) is 0 Å². The summed E-state index contributed by atoms with van der Waals surface area (Å²) in [7, 11) is -3.49. The zero-order valence-electron chi connectivity index (χ0n) is 10.9. The minimum atomic E-state index is -3.49. The van der Waals surface area contributed by atoms with Gasteiger partial charge in [-0.2, -0.15) is 0 Å². The number of piperidine rings is 2. The predicted molar refractivity (Wildman–Crippen MR) is 75.8 cm³/mol. The average Bonchev–Trinajstić information content (AvgIpc) is 2.40. The van der Waals surface area contributed by atoms with Crippen molar-refractivity contribution in [3.63, 3.8) is 0 Å². The number of rotatable bonds is 3. The summed E-state index contributed by atoms with van der Waals surface area (Å²) in [5.74, 6) is -0.488. The number of carbonyl (C=O) groups excluding carboxylic acids is 1. The third kappa shape index (κ3) is 4.59. The van der Waals surface area contributed by atoms with Crippen LogP contribution in [0, 0.1) is 5.92 Å². The van der Waals surface area contributed by atoms with Gasteiger partial charge in [0.05, 0.1) is 5.25 Å². The number of hydrogen-bond donors (Lipinski definition) is 3. The number of carbonyl (C=O) groups is 1. The summed E-state index contributed by atoms with van der Waals surface area (Å²) < 4.78 is 26.4. The maximum atomic E-state index is 12.1. The van der Waals surface area contributed by atoms with Crippen molar-refractivity contribution in [3.8, 4) is 0 Å². The normalized spacial score (nSPS) is 22.5. The molecule has 8 heteroatoms. The highest BCUT2D eigenvalue weighted by Gasteiger charge is 2.31. The van der Waals surface area contributed by atoms with Crippen LogP contribution in [-0.4, -0.2) is 45.8 Å². The van der Waals surface area contributed by atoms with Gasteiger partial charge in [0.1, 0.15) is 0 Å². The number of hydrogen-bond acceptors (Lipinski definition) is 5. The molecule has 2 heterocycles. The summed E-state index contributed by atoms with van der Waals surface area (Å²) in [5.41, 5.74) is 0. The largest absolute Gasteiger partial charge is 0.317 e. The molecular weight excluding hydrogens is 290 g/mol. The smallest absolute Gasteiger partial charge is 0.237 e. The third-order valence-corrected chi connectivity index (χ3v) is 5.51. The van der Waals surface area contributed by atoms with Gasteiger partial charge >= 0.3 is 0 Å². The molecule has 0 aliphatic carbocycles. The Hall–Kier alpha value is -0.370. The molecule has 0 unspecified atom stereocenters. The van der Waals surface area contributed by atoms with Crippen LogP contribution >= 0.6 is 12.4 Å². The van der Waals surface area contributed by atoms with Gasteiger partial charge in [-0.1, -0.05) is 0 Å². The molecule has 0 atom stereocenters. The van der Waals surface area contributed by atoms with Crippen LogP contribution in [0.25, 0.3) is 0 Å². The molecule has 2 aliphatic heterocycles. The first-order chi connectivity index (χ1) is 8.59. The highest BCUT2D eigenvalue weighted by Crippen LogP contribution is 2.15. The molecule has 2 saturated heterocycles. The highest BCUT2D eigenvalue weighted by atomic mass is 35.5. The Bertz CT molecular complexity index is 390. The maximum absolute atomic E-state index is 12.1. The first-order valence-corrected chi connectivity index (χ1v) is 8.11. The molecule has 0 aromatic heterocycles. The van der Waals surface area contributed by atoms with Gasteiger partial charge in [-0.25, -0.2) is 8.42 Å². The van der Waals surface area contributed by atoms with E-state index in [1.54, 1.807) is 0 Å². The summed E-state index contributed by atoms with van der Waals surface area (Å²) in [5, 5.41) is 5.85. The average molecular weight is 312 g/mol. The second-order valence-electron chi connectivity index (χ2n) is 4.98. The summed E-state index contributed by atoms with van der Waals surface area (Å²) in [6, 6.07) is 0. The lowest BCUT2D eigenvalue weighted by Gasteiger charge is -2.25. The van der Waals surface area contributed by atoms with Gasteiger partial charge in [0.15, 0.2) is 0 Å². The van der Waals surface area contributed by atoms with Crippen molar-refractivity contribution in [3.05, 3.63) is 0 Å². The van der Waals surface area contributed by atoms with E-state index in [-0.39, 0.29) is 24.2 Å². The van der Waals surface area contributed by atoms with Crippen molar-refractivity contribution in [2.45, 2.75) is 30.9 Å². The molecule has 3 N–H and O–H groups in total. The van der Waals surface area contributed by atoms with Crippen LogP contribution < -0.4 is 15.4 Å². The molecule has 0 aromatic rings. The minimum Gasteiger partial charge on any atom is -0.317 e. The fraction of sp³-hybridized carbons (Fsp3) is 0.909. The van der Waals surface area contributed by atoms with E-state index in [2.05, 4.69) is 15.4 Å². The molecule has 112 valence electrons. The van der Waals surface area contributed by atoms with Gasteiger partial charge in [-0.05, 0) is 51.9 Å². The quantitative estimate of drug-likeness (QED) is 0.660. The van der Waals surface area contributed by atoms with Crippen LogP contribution in [0.1, 0.15) is 25.7 Å². The fourth-order valence-corrected chi connectivity index (χ4v) is 3.97. The Balaban J connectivity index is 0.00000180. The van der Waals surface area contributed by atoms with Crippen LogP contribution in [0.4, 0.5) is 0 Å². The standard InChI is InChI=1S/C11H21N3O3S.ClH/c15-11(9-1-5-12-6-2-9)14-18(16,17)10-3-7-13-8-4-10;/h9-10,12-13H,1-8H2,(H,14,15);1H. The van der Waals surface area contributed by atoms with Crippen molar-refractivity contribution >= 4 is 28.3 Å². The van der Waals surface area contributed by atoms with Crippen LogP contribution in [0.15, 0.2) is 0 Å². The molecule has 2 fully saturated rings. The second kappa shape index (κ2) is 7.42. The van der Waals surface area contributed by atoms with E-state index in [9.17, 15) is 13.2 Å². The maximum Gasteiger partial charge on any atom is 0.237 e. The van der Waals surface area contributed by atoms with Gasteiger partial charge in [0.2, 0.25) is 15.9 Å². The van der Waals surface area contributed by atoms with E-state index < -0.39 is 15.3 Å². The van der Waals surface area contributed by atoms with Gasteiger partial charge < -0.3 is 10.6 Å². The number of amides is 1. The van der Waals surface area contributed by atoms with E-state index in [0.717, 1.165) is 13.1 Å². The molecule has 0 saturated carbocycles. The monoisotopic (exact) mass is 311 g/mol. The van der Waals surface area contributed by atoms with Crippen molar-refractivity contribution in [1.82, 2.24) is 15.4 Å². The van der Waals surface area contributed by atoms with Crippen LogP contribution in [-0.2, 0) is 14.8 Å². The molecule has 2 rings (SSSR count). The molecule has 6 nitrogen and oxygen atoms in total. The molecule has 2 aliphatic rings. The Morgan fingerprint density at radius 3 is 1.95 bits per heavy atom. The van der Waals surface area contributed by atoms with E-state index in [4.69, 9.17) is 0 Å². The van der Waals surface area contributed by atoms with Gasteiger partial charge in [-0.3, -0.25) is 9.52 Å². The molecule has 19 heavy (non-hydrogen) atoms. The van der Waals surface area contributed by atoms with Crippen LogP contribution in [0.3, 0.4) is 0 Å². The Morgan fingerprint density at radius 2 is 1.42 bits per heavy atom.